The second-order valence-corrected chi connectivity index (χ2v) is 6.21. The molecule has 1 aromatic heterocycles. The summed E-state index contributed by atoms with van der Waals surface area (Å²) >= 11 is 0. The molecule has 1 N–H and O–H groups in total. The Balaban J connectivity index is 1.80. The van der Waals surface area contributed by atoms with Gasteiger partial charge in [-0.15, -0.1) is 0 Å². The van der Waals surface area contributed by atoms with Gasteiger partial charge in [0.25, 0.3) is 0 Å². The van der Waals surface area contributed by atoms with Crippen LogP contribution in [0.15, 0.2) is 42.5 Å². The van der Waals surface area contributed by atoms with Crippen LogP contribution in [0, 0.1) is 5.92 Å². The number of aromatic nitrogens is 2. The van der Waals surface area contributed by atoms with Gasteiger partial charge in [-0.3, -0.25) is 0 Å². The van der Waals surface area contributed by atoms with E-state index in [2.05, 4.69) is 5.10 Å². The number of halogens is 3. The summed E-state index contributed by atoms with van der Waals surface area (Å²) in [5.74, 6) is 1.05. The number of rotatable bonds is 4. The normalized spacial score (nSPS) is 14.8. The fourth-order valence-corrected chi connectivity index (χ4v) is 2.71. The van der Waals surface area contributed by atoms with Gasteiger partial charge in [0, 0.05) is 11.5 Å². The molecule has 130 valence electrons. The van der Waals surface area contributed by atoms with E-state index in [9.17, 15) is 18.3 Å². The smallest absolute Gasteiger partial charge is 0.434 e. The Bertz CT molecular complexity index is 912. The lowest BCUT2D eigenvalue weighted by molar-refractivity contribution is -0.141. The third kappa shape index (κ3) is 3.14. The Morgan fingerprint density at radius 1 is 1.12 bits per heavy atom. The van der Waals surface area contributed by atoms with Crippen LogP contribution < -0.4 is 4.74 Å². The molecular formula is C18H15F3N2O2. The van der Waals surface area contributed by atoms with Crippen molar-refractivity contribution in [2.45, 2.75) is 19.0 Å². The van der Waals surface area contributed by atoms with Crippen LogP contribution >= 0.6 is 0 Å². The Morgan fingerprint density at radius 3 is 2.48 bits per heavy atom. The number of aromatic hydroxyl groups is 1. The molecule has 0 atom stereocenters. The second-order valence-electron chi connectivity index (χ2n) is 6.21. The van der Waals surface area contributed by atoms with Crippen LogP contribution in [0.2, 0.25) is 0 Å². The summed E-state index contributed by atoms with van der Waals surface area (Å²) in [5, 5.41) is 13.5. The van der Waals surface area contributed by atoms with E-state index in [0.29, 0.717) is 18.3 Å². The Labute approximate surface area is 141 Å². The van der Waals surface area contributed by atoms with E-state index in [1.54, 1.807) is 6.07 Å². The van der Waals surface area contributed by atoms with Crippen molar-refractivity contribution < 1.29 is 23.0 Å². The zero-order chi connectivity index (χ0) is 17.6. The van der Waals surface area contributed by atoms with Gasteiger partial charge in [0.1, 0.15) is 11.5 Å². The molecule has 4 nitrogen and oxygen atoms in total. The van der Waals surface area contributed by atoms with E-state index in [4.69, 9.17) is 4.74 Å². The zero-order valence-corrected chi connectivity index (χ0v) is 13.1. The Kier molecular flexibility index (Phi) is 3.59. The van der Waals surface area contributed by atoms with Crippen molar-refractivity contribution in [3.05, 3.63) is 48.2 Å². The first-order chi connectivity index (χ1) is 11.9. The highest BCUT2D eigenvalue weighted by molar-refractivity contribution is 5.84. The first-order valence-electron chi connectivity index (χ1n) is 7.94. The van der Waals surface area contributed by atoms with E-state index in [0.717, 1.165) is 17.5 Å². The fourth-order valence-electron chi connectivity index (χ4n) is 2.71. The first-order valence-corrected chi connectivity index (χ1v) is 7.94. The summed E-state index contributed by atoms with van der Waals surface area (Å²) in [6.07, 6.45) is -2.30. The van der Waals surface area contributed by atoms with E-state index < -0.39 is 11.9 Å². The minimum atomic E-state index is -4.57. The summed E-state index contributed by atoms with van der Waals surface area (Å²) in [4.78, 5) is 0. The number of fused-ring (bicyclic) bond motifs is 1. The van der Waals surface area contributed by atoms with Gasteiger partial charge in [-0.05, 0) is 55.2 Å². The van der Waals surface area contributed by atoms with Crippen LogP contribution in [-0.2, 0) is 6.18 Å². The van der Waals surface area contributed by atoms with E-state index >= 15 is 0 Å². The SMILES string of the molecule is Oc1ccc(-n2nc3cc(OCC4CC4)ccc3c2C(F)(F)F)cc1. The molecule has 25 heavy (non-hydrogen) atoms. The van der Waals surface area contributed by atoms with E-state index in [1.807, 2.05) is 0 Å². The van der Waals surface area contributed by atoms with Gasteiger partial charge in [0.2, 0.25) is 0 Å². The number of benzene rings is 2. The molecule has 7 heteroatoms. The summed E-state index contributed by atoms with van der Waals surface area (Å²) in [6.45, 7) is 0.580. The van der Waals surface area contributed by atoms with Gasteiger partial charge in [-0.2, -0.15) is 18.3 Å². The van der Waals surface area contributed by atoms with Gasteiger partial charge in [-0.25, -0.2) is 4.68 Å². The molecule has 1 aliphatic carbocycles. The van der Waals surface area contributed by atoms with Gasteiger partial charge in [-0.1, -0.05) is 0 Å². The maximum absolute atomic E-state index is 13.6. The highest BCUT2D eigenvalue weighted by atomic mass is 19.4. The maximum Gasteiger partial charge on any atom is 0.434 e. The van der Waals surface area contributed by atoms with Crippen molar-refractivity contribution in [2.24, 2.45) is 5.92 Å². The Morgan fingerprint density at radius 2 is 1.84 bits per heavy atom. The van der Waals surface area contributed by atoms with Crippen LogP contribution in [-0.4, -0.2) is 21.5 Å². The van der Waals surface area contributed by atoms with Gasteiger partial charge in [0.15, 0.2) is 5.69 Å². The third-order valence-electron chi connectivity index (χ3n) is 4.19. The van der Waals surface area contributed by atoms with Crippen molar-refractivity contribution in [3.8, 4) is 17.2 Å². The first kappa shape index (κ1) is 15.8. The maximum atomic E-state index is 13.6. The van der Waals surface area contributed by atoms with E-state index in [1.165, 1.54) is 36.4 Å². The summed E-state index contributed by atoms with van der Waals surface area (Å²) < 4.78 is 47.3. The zero-order valence-electron chi connectivity index (χ0n) is 13.1. The van der Waals surface area contributed by atoms with E-state index in [-0.39, 0.29) is 22.3 Å². The third-order valence-corrected chi connectivity index (χ3v) is 4.19. The van der Waals surface area contributed by atoms with Crippen LogP contribution in [0.3, 0.4) is 0 Å². The summed E-state index contributed by atoms with van der Waals surface area (Å²) in [7, 11) is 0. The number of phenolic OH excluding ortho intramolecular Hbond substituents is 1. The number of ether oxygens (including phenoxy) is 1. The van der Waals surface area contributed by atoms with Crippen molar-refractivity contribution in [1.29, 1.82) is 0 Å². The van der Waals surface area contributed by atoms with Crippen molar-refractivity contribution >= 4 is 10.9 Å². The molecule has 2 aromatic carbocycles. The van der Waals surface area contributed by atoms with Crippen LogP contribution in [0.5, 0.6) is 11.5 Å². The molecule has 0 aliphatic heterocycles. The average molecular weight is 348 g/mol. The number of phenols is 1. The average Bonchev–Trinajstić information content (AvgIpc) is 3.30. The molecule has 4 rings (SSSR count). The molecule has 1 fully saturated rings. The highest BCUT2D eigenvalue weighted by Gasteiger charge is 2.38. The predicted octanol–water partition coefficient (Wildman–Crippen LogP) is 4.54. The lowest BCUT2D eigenvalue weighted by Gasteiger charge is -2.11. The largest absolute Gasteiger partial charge is 0.508 e. The molecule has 3 aromatic rings. The molecular weight excluding hydrogens is 333 g/mol. The van der Waals surface area contributed by atoms with Gasteiger partial charge < -0.3 is 9.84 Å². The lowest BCUT2D eigenvalue weighted by Crippen LogP contribution is -2.13. The monoisotopic (exact) mass is 348 g/mol. The molecule has 1 heterocycles. The van der Waals surface area contributed by atoms with Gasteiger partial charge >= 0.3 is 6.18 Å². The topological polar surface area (TPSA) is 47.3 Å². The van der Waals surface area contributed by atoms with Crippen LogP contribution in [0.4, 0.5) is 13.2 Å². The minimum Gasteiger partial charge on any atom is -0.508 e. The molecule has 0 bridgehead atoms. The summed E-state index contributed by atoms with van der Waals surface area (Å²) in [6, 6.07) is 9.90. The van der Waals surface area contributed by atoms with Crippen molar-refractivity contribution in [3.63, 3.8) is 0 Å². The molecule has 0 radical (unpaired) electrons. The number of alkyl halides is 3. The molecule has 0 unspecified atom stereocenters. The lowest BCUT2D eigenvalue weighted by atomic mass is 10.2. The standard InChI is InChI=1S/C18H15F3N2O2/c19-18(20,21)17-15-8-7-14(25-10-11-1-2-11)9-16(15)22-23(17)12-3-5-13(24)6-4-12/h3-9,11,24H,1-2,10H2. The number of hydrogen-bond donors (Lipinski definition) is 1. The minimum absolute atomic E-state index is 0.0133. The molecule has 1 aliphatic rings. The van der Waals surface area contributed by atoms with Crippen molar-refractivity contribution in [2.75, 3.05) is 6.61 Å². The van der Waals surface area contributed by atoms with Gasteiger partial charge in [0.05, 0.1) is 17.8 Å². The molecule has 0 saturated heterocycles. The van der Waals surface area contributed by atoms with Crippen molar-refractivity contribution in [1.82, 2.24) is 9.78 Å². The number of hydrogen-bond acceptors (Lipinski definition) is 3. The second kappa shape index (κ2) is 5.68. The Hall–Kier alpha value is -2.70. The summed E-state index contributed by atoms with van der Waals surface area (Å²) in [5.41, 5.74) is -0.405. The fraction of sp³-hybridized carbons (Fsp3) is 0.278. The predicted molar refractivity (Wildman–Crippen MR) is 86.0 cm³/mol. The highest BCUT2D eigenvalue weighted by Crippen LogP contribution is 2.38. The number of nitrogens with zero attached hydrogens (tertiary/aromatic N) is 2. The van der Waals surface area contributed by atoms with Crippen LogP contribution in [0.1, 0.15) is 18.5 Å². The molecule has 0 amide bonds. The molecule has 0 spiro atoms. The molecule has 1 saturated carbocycles. The van der Waals surface area contributed by atoms with Crippen LogP contribution in [0.25, 0.3) is 16.6 Å². The quantitative estimate of drug-likeness (QED) is 0.753.